The molecule has 2 aromatic carbocycles. The Morgan fingerprint density at radius 3 is 2.39 bits per heavy atom. The number of aromatic nitrogens is 2. The fourth-order valence-electron chi connectivity index (χ4n) is 3.84. The van der Waals surface area contributed by atoms with Gasteiger partial charge in [0.15, 0.2) is 11.6 Å². The number of furan rings is 1. The number of benzene rings is 2. The van der Waals surface area contributed by atoms with Crippen LogP contribution in [0.1, 0.15) is 5.76 Å². The van der Waals surface area contributed by atoms with Crippen molar-refractivity contribution in [3.63, 3.8) is 0 Å². The molecule has 3 heterocycles. The van der Waals surface area contributed by atoms with Crippen molar-refractivity contribution < 1.29 is 12.8 Å². The van der Waals surface area contributed by atoms with E-state index in [4.69, 9.17) is 21.0 Å². The van der Waals surface area contributed by atoms with Crippen molar-refractivity contribution in [3.8, 4) is 0 Å². The van der Waals surface area contributed by atoms with Gasteiger partial charge >= 0.3 is 0 Å². The fourth-order valence-corrected chi connectivity index (χ4v) is 5.14. The van der Waals surface area contributed by atoms with Crippen molar-refractivity contribution in [2.75, 3.05) is 35.8 Å². The van der Waals surface area contributed by atoms with E-state index in [1.807, 2.05) is 36.4 Å². The zero-order valence-electron chi connectivity index (χ0n) is 17.7. The Kier molecular flexibility index (Phi) is 5.92. The molecule has 8 nitrogen and oxygen atoms in total. The third kappa shape index (κ3) is 4.80. The summed E-state index contributed by atoms with van der Waals surface area (Å²) in [5, 5.41) is 0.343. The molecule has 0 saturated carbocycles. The molecule has 1 saturated heterocycles. The van der Waals surface area contributed by atoms with Gasteiger partial charge in [-0.05, 0) is 42.5 Å². The Labute approximate surface area is 196 Å². The molecule has 0 bridgehead atoms. The van der Waals surface area contributed by atoms with E-state index >= 15 is 0 Å². The smallest absolute Gasteiger partial charge is 0.263 e. The summed E-state index contributed by atoms with van der Waals surface area (Å²) >= 11 is 6.01. The van der Waals surface area contributed by atoms with E-state index in [1.54, 1.807) is 18.4 Å². The monoisotopic (exact) mass is 483 g/mol. The molecule has 170 valence electrons. The number of rotatable bonds is 6. The van der Waals surface area contributed by atoms with Crippen LogP contribution in [0.2, 0.25) is 5.02 Å². The molecular formula is C23H22ClN5O3S. The Morgan fingerprint density at radius 1 is 0.939 bits per heavy atom. The molecule has 1 fully saturated rings. The molecule has 0 spiro atoms. The minimum absolute atomic E-state index is 0.0687. The maximum absolute atomic E-state index is 13.1. The molecule has 10 heteroatoms. The normalized spacial score (nSPS) is 15.1. The van der Waals surface area contributed by atoms with E-state index in [9.17, 15) is 8.42 Å². The zero-order valence-corrected chi connectivity index (χ0v) is 19.3. The molecule has 1 N–H and O–H groups in total. The average Bonchev–Trinajstić information content (AvgIpc) is 3.32. The van der Waals surface area contributed by atoms with Crippen molar-refractivity contribution in [1.82, 2.24) is 14.9 Å². The van der Waals surface area contributed by atoms with Crippen LogP contribution in [0, 0.1) is 0 Å². The summed E-state index contributed by atoms with van der Waals surface area (Å²) in [5.74, 6) is 1.63. The average molecular weight is 484 g/mol. The van der Waals surface area contributed by atoms with Crippen LogP contribution in [0.25, 0.3) is 11.0 Å². The highest BCUT2D eigenvalue weighted by molar-refractivity contribution is 7.92. The first-order valence-electron chi connectivity index (χ1n) is 10.5. The van der Waals surface area contributed by atoms with Crippen molar-refractivity contribution in [2.45, 2.75) is 11.4 Å². The van der Waals surface area contributed by atoms with Crippen molar-refractivity contribution >= 4 is 44.3 Å². The zero-order chi connectivity index (χ0) is 22.8. The van der Waals surface area contributed by atoms with E-state index in [2.05, 4.69) is 19.5 Å². The number of para-hydroxylation sites is 2. The Bertz CT molecular complexity index is 1370. The lowest BCUT2D eigenvalue weighted by atomic mass is 10.2. The molecule has 2 aromatic heterocycles. The van der Waals surface area contributed by atoms with Gasteiger partial charge in [0.1, 0.15) is 5.76 Å². The number of nitrogens with one attached hydrogen (secondary N) is 1. The first kappa shape index (κ1) is 21.7. The number of hydrogen-bond donors (Lipinski definition) is 1. The Balaban J connectivity index is 1.44. The van der Waals surface area contributed by atoms with Crippen LogP contribution in [-0.4, -0.2) is 49.5 Å². The molecule has 33 heavy (non-hydrogen) atoms. The van der Waals surface area contributed by atoms with Gasteiger partial charge in [0.2, 0.25) is 0 Å². The SMILES string of the molecule is O=S(=O)(Nc1nc2ccccc2nc1N1CCN(Cc2ccco2)CC1)c1cccc(Cl)c1. The van der Waals surface area contributed by atoms with Gasteiger partial charge in [-0.3, -0.25) is 9.62 Å². The largest absolute Gasteiger partial charge is 0.468 e. The van der Waals surface area contributed by atoms with Gasteiger partial charge in [-0.1, -0.05) is 29.8 Å². The molecule has 4 aromatic rings. The number of fused-ring (bicyclic) bond motifs is 1. The van der Waals surface area contributed by atoms with Crippen LogP contribution < -0.4 is 9.62 Å². The van der Waals surface area contributed by atoms with Crippen LogP contribution in [0.3, 0.4) is 0 Å². The second kappa shape index (κ2) is 9.01. The number of hydrogen-bond acceptors (Lipinski definition) is 7. The Morgan fingerprint density at radius 2 is 1.70 bits per heavy atom. The van der Waals surface area contributed by atoms with Crippen molar-refractivity contribution in [2.24, 2.45) is 0 Å². The summed E-state index contributed by atoms with van der Waals surface area (Å²) in [6.45, 7) is 3.67. The van der Waals surface area contributed by atoms with Gasteiger partial charge in [-0.25, -0.2) is 18.4 Å². The standard InChI is InChI=1S/C23H22ClN5O3S/c24-17-5-3-7-19(15-17)33(30,31)27-22-23(26-21-9-2-1-8-20(21)25-22)29-12-10-28(11-13-29)16-18-6-4-14-32-18/h1-9,14-15H,10-13,16H2,(H,25,27). The van der Waals surface area contributed by atoms with E-state index in [1.165, 1.54) is 12.1 Å². The van der Waals surface area contributed by atoms with Gasteiger partial charge in [-0.15, -0.1) is 0 Å². The van der Waals surface area contributed by atoms with Gasteiger partial charge in [0, 0.05) is 31.2 Å². The van der Waals surface area contributed by atoms with Gasteiger partial charge < -0.3 is 9.32 Å². The maximum Gasteiger partial charge on any atom is 0.263 e. The van der Waals surface area contributed by atoms with E-state index in [0.717, 1.165) is 25.4 Å². The van der Waals surface area contributed by atoms with Crippen LogP contribution >= 0.6 is 11.6 Å². The minimum atomic E-state index is -3.90. The van der Waals surface area contributed by atoms with Crippen LogP contribution in [-0.2, 0) is 16.6 Å². The number of piperazine rings is 1. The number of nitrogens with zero attached hydrogens (tertiary/aromatic N) is 4. The third-order valence-electron chi connectivity index (χ3n) is 5.52. The molecule has 0 atom stereocenters. The highest BCUT2D eigenvalue weighted by Gasteiger charge is 2.25. The number of anilines is 2. The highest BCUT2D eigenvalue weighted by atomic mass is 35.5. The van der Waals surface area contributed by atoms with Gasteiger partial charge in [-0.2, -0.15) is 0 Å². The molecule has 5 rings (SSSR count). The highest BCUT2D eigenvalue weighted by Crippen LogP contribution is 2.29. The number of halogens is 1. The second-order valence-electron chi connectivity index (χ2n) is 7.79. The van der Waals surface area contributed by atoms with E-state index in [0.29, 0.717) is 35.0 Å². The maximum atomic E-state index is 13.1. The predicted octanol–water partition coefficient (Wildman–Crippen LogP) is 4.00. The van der Waals surface area contributed by atoms with Gasteiger partial charge in [0.25, 0.3) is 10.0 Å². The van der Waals surface area contributed by atoms with Gasteiger partial charge in [0.05, 0.1) is 28.7 Å². The third-order valence-corrected chi connectivity index (χ3v) is 7.09. The Hall–Kier alpha value is -3.14. The van der Waals surface area contributed by atoms with E-state index in [-0.39, 0.29) is 10.7 Å². The lowest BCUT2D eigenvalue weighted by Crippen LogP contribution is -2.46. The predicted molar refractivity (Wildman–Crippen MR) is 128 cm³/mol. The molecule has 1 aliphatic rings. The first-order valence-corrected chi connectivity index (χ1v) is 12.4. The topological polar surface area (TPSA) is 91.6 Å². The summed E-state index contributed by atoms with van der Waals surface area (Å²) < 4.78 is 34.3. The molecule has 0 aliphatic carbocycles. The lowest BCUT2D eigenvalue weighted by Gasteiger charge is -2.35. The summed E-state index contributed by atoms with van der Waals surface area (Å²) in [6.07, 6.45) is 1.68. The van der Waals surface area contributed by atoms with Crippen LogP contribution in [0.5, 0.6) is 0 Å². The molecule has 1 aliphatic heterocycles. The summed E-state index contributed by atoms with van der Waals surface area (Å²) in [4.78, 5) is 13.8. The first-order chi connectivity index (χ1) is 16.0. The van der Waals surface area contributed by atoms with Crippen molar-refractivity contribution in [1.29, 1.82) is 0 Å². The van der Waals surface area contributed by atoms with Crippen LogP contribution in [0.15, 0.2) is 76.2 Å². The number of sulfonamides is 1. The molecule has 0 unspecified atom stereocenters. The van der Waals surface area contributed by atoms with Crippen LogP contribution in [0.4, 0.5) is 11.6 Å². The molecular weight excluding hydrogens is 462 g/mol. The minimum Gasteiger partial charge on any atom is -0.468 e. The lowest BCUT2D eigenvalue weighted by molar-refractivity contribution is 0.230. The van der Waals surface area contributed by atoms with Crippen molar-refractivity contribution in [3.05, 3.63) is 77.7 Å². The molecule has 0 radical (unpaired) electrons. The summed E-state index contributed by atoms with van der Waals surface area (Å²) in [7, 11) is -3.90. The van der Waals surface area contributed by atoms with E-state index < -0.39 is 10.0 Å². The quantitative estimate of drug-likeness (QED) is 0.443. The summed E-state index contributed by atoms with van der Waals surface area (Å²) in [6, 6.07) is 17.4. The fraction of sp³-hybridized carbons (Fsp3) is 0.217. The second-order valence-corrected chi connectivity index (χ2v) is 9.91. The summed E-state index contributed by atoms with van der Waals surface area (Å²) in [5.41, 5.74) is 1.32. The molecule has 0 amide bonds.